The minimum Gasteiger partial charge on any atom is -0.348 e. The Morgan fingerprint density at radius 3 is 2.35 bits per heavy atom. The molecule has 1 aliphatic heterocycles. The van der Waals surface area contributed by atoms with Crippen molar-refractivity contribution < 1.29 is 18.0 Å². The van der Waals surface area contributed by atoms with Gasteiger partial charge in [-0.3, -0.25) is 14.7 Å². The van der Waals surface area contributed by atoms with E-state index in [-0.39, 0.29) is 33.0 Å². The van der Waals surface area contributed by atoms with Gasteiger partial charge in [0, 0.05) is 39.4 Å². The Bertz CT molecular complexity index is 1060. The summed E-state index contributed by atoms with van der Waals surface area (Å²) < 4.78 is 26.9. The van der Waals surface area contributed by atoms with E-state index >= 15 is 0 Å². The van der Waals surface area contributed by atoms with E-state index in [9.17, 15) is 18.0 Å². The molecule has 0 unspecified atom stereocenters. The van der Waals surface area contributed by atoms with Gasteiger partial charge in [-0.2, -0.15) is 22.1 Å². The van der Waals surface area contributed by atoms with Gasteiger partial charge in [-0.05, 0) is 25.0 Å². The number of nitrogens with zero attached hydrogens (tertiary/aromatic N) is 3. The van der Waals surface area contributed by atoms with E-state index in [0.717, 1.165) is 4.31 Å². The van der Waals surface area contributed by atoms with Crippen LogP contribution in [-0.4, -0.2) is 72.3 Å². The Labute approximate surface area is 190 Å². The summed E-state index contributed by atoms with van der Waals surface area (Å²) in [6, 6.07) is 4.47. The number of piperidine rings is 1. The van der Waals surface area contributed by atoms with E-state index in [1.807, 2.05) is 0 Å². The summed E-state index contributed by atoms with van der Waals surface area (Å²) >= 11 is 12.1. The number of hydrogen-bond donors (Lipinski definition) is 3. The quantitative estimate of drug-likeness (QED) is 0.572. The molecule has 0 spiro atoms. The third-order valence-corrected chi connectivity index (χ3v) is 7.44. The fourth-order valence-electron chi connectivity index (χ4n) is 3.17. The van der Waals surface area contributed by atoms with Gasteiger partial charge in [0.2, 0.25) is 0 Å². The minimum atomic E-state index is -3.48. The van der Waals surface area contributed by atoms with Crippen molar-refractivity contribution in [2.75, 3.05) is 32.5 Å². The van der Waals surface area contributed by atoms with E-state index in [1.165, 1.54) is 36.7 Å². The molecule has 168 valence electrons. The highest BCUT2D eigenvalue weighted by Crippen LogP contribution is 2.26. The number of amides is 2. The van der Waals surface area contributed by atoms with Crippen LogP contribution in [0.4, 0.5) is 5.69 Å². The van der Waals surface area contributed by atoms with E-state index in [2.05, 4.69) is 20.8 Å². The number of H-pyrrole nitrogens is 1. The molecule has 2 heterocycles. The Kier molecular flexibility index (Phi) is 7.22. The van der Waals surface area contributed by atoms with Crippen LogP contribution in [0.15, 0.2) is 24.4 Å². The molecule has 2 amide bonds. The third-order valence-electron chi connectivity index (χ3n) is 4.87. The molecule has 1 aliphatic rings. The predicted molar refractivity (Wildman–Crippen MR) is 118 cm³/mol. The first kappa shape index (κ1) is 23.5. The van der Waals surface area contributed by atoms with Gasteiger partial charge >= 0.3 is 0 Å². The largest absolute Gasteiger partial charge is 0.348 e. The Balaban J connectivity index is 1.64. The first-order chi connectivity index (χ1) is 14.6. The Morgan fingerprint density at radius 2 is 1.77 bits per heavy atom. The number of carbonyl (C=O) groups excluding carboxylic acids is 2. The van der Waals surface area contributed by atoms with Crippen molar-refractivity contribution in [2.24, 2.45) is 0 Å². The fourth-order valence-corrected chi connectivity index (χ4v) is 4.88. The van der Waals surface area contributed by atoms with Crippen molar-refractivity contribution in [1.29, 1.82) is 0 Å². The number of nitrogens with one attached hydrogen (secondary N) is 3. The van der Waals surface area contributed by atoms with Gasteiger partial charge in [0.05, 0.1) is 21.3 Å². The number of carbonyl (C=O) groups is 2. The van der Waals surface area contributed by atoms with Gasteiger partial charge < -0.3 is 10.6 Å². The van der Waals surface area contributed by atoms with E-state index in [1.54, 1.807) is 6.07 Å². The summed E-state index contributed by atoms with van der Waals surface area (Å²) in [5.74, 6) is -1.07. The smallest absolute Gasteiger partial charge is 0.281 e. The number of benzene rings is 1. The van der Waals surface area contributed by atoms with Crippen molar-refractivity contribution >= 4 is 50.9 Å². The molecule has 0 saturated carbocycles. The van der Waals surface area contributed by atoms with Gasteiger partial charge in [0.25, 0.3) is 22.0 Å². The molecule has 0 radical (unpaired) electrons. The number of hydrogen-bond acceptors (Lipinski definition) is 5. The molecule has 2 aromatic rings. The summed E-state index contributed by atoms with van der Waals surface area (Å²) in [6.45, 7) is 0.585. The van der Waals surface area contributed by atoms with E-state index in [0.29, 0.717) is 25.9 Å². The van der Waals surface area contributed by atoms with Crippen LogP contribution in [0.3, 0.4) is 0 Å². The zero-order chi connectivity index (χ0) is 22.8. The summed E-state index contributed by atoms with van der Waals surface area (Å²) in [5.41, 5.74) is 0.263. The van der Waals surface area contributed by atoms with Crippen LogP contribution in [0.1, 0.15) is 33.7 Å². The first-order valence-corrected chi connectivity index (χ1v) is 11.5. The van der Waals surface area contributed by atoms with Crippen LogP contribution in [0.5, 0.6) is 0 Å². The molecule has 0 atom stereocenters. The van der Waals surface area contributed by atoms with Crippen molar-refractivity contribution in [3.63, 3.8) is 0 Å². The predicted octanol–water partition coefficient (Wildman–Crippen LogP) is 1.97. The normalized spacial score (nSPS) is 15.8. The molecule has 1 saturated heterocycles. The fraction of sp³-hybridized carbons (Fsp3) is 0.389. The van der Waals surface area contributed by atoms with Crippen molar-refractivity contribution in [2.45, 2.75) is 18.9 Å². The van der Waals surface area contributed by atoms with Gasteiger partial charge in [0.15, 0.2) is 5.69 Å². The van der Waals surface area contributed by atoms with Gasteiger partial charge in [-0.15, -0.1) is 0 Å². The summed E-state index contributed by atoms with van der Waals surface area (Å²) in [7, 11) is -0.524. The van der Waals surface area contributed by atoms with E-state index in [4.69, 9.17) is 23.2 Å². The number of anilines is 1. The van der Waals surface area contributed by atoms with Crippen LogP contribution in [0, 0.1) is 0 Å². The highest BCUT2D eigenvalue weighted by molar-refractivity contribution is 7.86. The monoisotopic (exact) mass is 488 g/mol. The van der Waals surface area contributed by atoms with E-state index < -0.39 is 22.0 Å². The summed E-state index contributed by atoms with van der Waals surface area (Å²) in [6.07, 6.45) is 2.30. The number of rotatable bonds is 6. The maximum atomic E-state index is 12.7. The second-order valence-corrected chi connectivity index (χ2v) is 10.1. The number of aromatic nitrogens is 2. The van der Waals surface area contributed by atoms with Crippen molar-refractivity contribution in [3.8, 4) is 0 Å². The summed E-state index contributed by atoms with van der Waals surface area (Å²) in [5, 5.41) is 12.3. The average molecular weight is 489 g/mol. The highest BCUT2D eigenvalue weighted by atomic mass is 35.5. The lowest BCUT2D eigenvalue weighted by molar-refractivity contribution is 0.0919. The zero-order valence-corrected chi connectivity index (χ0v) is 19.2. The molecular formula is C18H22Cl2N6O4S. The van der Waals surface area contributed by atoms with Gasteiger partial charge in [0.1, 0.15) is 0 Å². The lowest BCUT2D eigenvalue weighted by Gasteiger charge is -2.32. The Morgan fingerprint density at radius 1 is 1.16 bits per heavy atom. The molecular weight excluding hydrogens is 467 g/mol. The average Bonchev–Trinajstić information content (AvgIpc) is 3.16. The second-order valence-electron chi connectivity index (χ2n) is 7.14. The van der Waals surface area contributed by atoms with Crippen LogP contribution in [-0.2, 0) is 10.2 Å². The molecule has 3 N–H and O–H groups in total. The van der Waals surface area contributed by atoms with Crippen molar-refractivity contribution in [1.82, 2.24) is 24.1 Å². The molecule has 1 aromatic carbocycles. The maximum Gasteiger partial charge on any atom is 0.281 e. The molecule has 13 heteroatoms. The Hall–Kier alpha value is -2.18. The number of aromatic amines is 1. The molecule has 0 aliphatic carbocycles. The maximum absolute atomic E-state index is 12.7. The molecule has 3 rings (SSSR count). The molecule has 1 fully saturated rings. The van der Waals surface area contributed by atoms with Crippen LogP contribution < -0.4 is 10.6 Å². The van der Waals surface area contributed by atoms with Crippen molar-refractivity contribution in [3.05, 3.63) is 45.7 Å². The number of halogens is 2. The molecule has 31 heavy (non-hydrogen) atoms. The molecule has 10 nitrogen and oxygen atoms in total. The first-order valence-electron chi connectivity index (χ1n) is 9.39. The third kappa shape index (κ3) is 5.18. The lowest BCUT2D eigenvalue weighted by atomic mass is 10.1. The molecule has 1 aromatic heterocycles. The lowest BCUT2D eigenvalue weighted by Crippen LogP contribution is -2.49. The van der Waals surface area contributed by atoms with Gasteiger partial charge in [-0.25, -0.2) is 0 Å². The zero-order valence-electron chi connectivity index (χ0n) is 16.9. The SMILES string of the molecule is CN(C)S(=O)(=O)N1CCC(NC(=O)c2n[nH]cc2NC(=O)c2c(Cl)cccc2Cl)CC1. The van der Waals surface area contributed by atoms with Gasteiger partial charge in [-0.1, -0.05) is 29.3 Å². The molecule has 0 bridgehead atoms. The van der Waals surface area contributed by atoms with Crippen LogP contribution in [0.2, 0.25) is 10.0 Å². The standard InChI is InChI=1S/C18H22Cl2N6O4S/c1-25(2)31(29,30)26-8-6-11(7-9-26)22-18(28)16-14(10-21-24-16)23-17(27)15-12(19)4-3-5-13(15)20/h3-5,10-11H,6-9H2,1-2H3,(H,21,24)(H,22,28)(H,23,27). The topological polar surface area (TPSA) is 128 Å². The second kappa shape index (κ2) is 9.53. The van der Waals surface area contributed by atoms with Crippen LogP contribution in [0.25, 0.3) is 0 Å². The summed E-state index contributed by atoms with van der Waals surface area (Å²) in [4.78, 5) is 25.3. The minimum absolute atomic E-state index is 0.000122. The van der Waals surface area contributed by atoms with Crippen LogP contribution >= 0.6 is 23.2 Å². The highest BCUT2D eigenvalue weighted by Gasteiger charge is 2.31.